The minimum atomic E-state index is -0.852. The Morgan fingerprint density at radius 3 is 2.45 bits per heavy atom. The molecule has 0 heterocycles. The van der Waals surface area contributed by atoms with Gasteiger partial charge in [-0.05, 0) is 13.3 Å². The topological polar surface area (TPSA) is 54.4 Å². The van der Waals surface area contributed by atoms with Crippen LogP contribution in [0.25, 0.3) is 0 Å². The number of carboxylic acid groups (broad SMARTS) is 1. The van der Waals surface area contributed by atoms with E-state index in [4.69, 9.17) is 5.11 Å². The second kappa shape index (κ2) is 2.32. The lowest BCUT2D eigenvalue weighted by atomic mass is 9.88. The van der Waals surface area contributed by atoms with Gasteiger partial charge in [-0.15, -0.1) is 0 Å². The summed E-state index contributed by atoms with van der Waals surface area (Å²) in [5, 5.41) is 8.76. The molecule has 2 atom stereocenters. The third-order valence-corrected chi connectivity index (χ3v) is 2.39. The fourth-order valence-corrected chi connectivity index (χ4v) is 1.58. The molecule has 0 amide bonds. The van der Waals surface area contributed by atoms with Crippen molar-refractivity contribution in [3.63, 3.8) is 0 Å². The van der Waals surface area contributed by atoms with Gasteiger partial charge >= 0.3 is 5.97 Å². The average Bonchev–Trinajstić information content (AvgIpc) is 2.09. The van der Waals surface area contributed by atoms with Gasteiger partial charge in [0.05, 0.1) is 5.41 Å². The fraction of sp³-hybridized carbons (Fsp3) is 0.750. The average molecular weight is 156 g/mol. The zero-order valence-corrected chi connectivity index (χ0v) is 6.76. The van der Waals surface area contributed by atoms with Crippen molar-refractivity contribution in [3.05, 3.63) is 0 Å². The van der Waals surface area contributed by atoms with Crippen LogP contribution in [0.4, 0.5) is 0 Å². The van der Waals surface area contributed by atoms with E-state index >= 15 is 0 Å². The van der Waals surface area contributed by atoms with Gasteiger partial charge in [0.25, 0.3) is 0 Å². The molecule has 0 bridgehead atoms. The molecule has 0 aromatic carbocycles. The lowest BCUT2D eigenvalue weighted by Crippen LogP contribution is -2.24. The monoisotopic (exact) mass is 156 g/mol. The van der Waals surface area contributed by atoms with Crippen molar-refractivity contribution in [3.8, 4) is 0 Å². The molecule has 3 heteroatoms. The predicted molar refractivity (Wildman–Crippen MR) is 39.1 cm³/mol. The molecule has 0 radical (unpaired) electrons. The maximum Gasteiger partial charge on any atom is 0.309 e. The Labute approximate surface area is 65.4 Å². The second-order valence-corrected chi connectivity index (χ2v) is 3.61. The summed E-state index contributed by atoms with van der Waals surface area (Å²) in [5.41, 5.74) is -0.795. The largest absolute Gasteiger partial charge is 0.481 e. The molecule has 1 N–H and O–H groups in total. The number of carboxylic acids is 1. The summed E-state index contributed by atoms with van der Waals surface area (Å²) in [7, 11) is 0. The number of carbonyl (C=O) groups is 2. The minimum Gasteiger partial charge on any atom is -0.481 e. The first-order chi connectivity index (χ1) is 4.96. The van der Waals surface area contributed by atoms with Crippen LogP contribution in [0.5, 0.6) is 0 Å². The zero-order chi connectivity index (χ0) is 8.65. The molecule has 0 spiro atoms. The van der Waals surface area contributed by atoms with Gasteiger partial charge in [-0.1, -0.05) is 6.92 Å². The van der Waals surface area contributed by atoms with Crippen molar-refractivity contribution >= 4 is 11.8 Å². The van der Waals surface area contributed by atoms with Crippen LogP contribution in [0, 0.1) is 11.3 Å². The Bertz CT molecular complexity index is 207. The molecule has 0 aromatic rings. The molecule has 1 fully saturated rings. The number of ketones is 1. The number of carbonyl (C=O) groups excluding carboxylic acids is 1. The Balaban J connectivity index is 2.79. The van der Waals surface area contributed by atoms with Crippen LogP contribution >= 0.6 is 0 Å². The van der Waals surface area contributed by atoms with Crippen LogP contribution in [0.3, 0.4) is 0 Å². The highest BCUT2D eigenvalue weighted by Crippen LogP contribution is 2.38. The number of Topliss-reactive ketones (excluding diaryl/α,β-unsaturated/α-hetero) is 1. The van der Waals surface area contributed by atoms with Crippen molar-refractivity contribution in [2.75, 3.05) is 0 Å². The number of aliphatic carboxylic acids is 1. The van der Waals surface area contributed by atoms with Gasteiger partial charge in [0.1, 0.15) is 5.78 Å². The van der Waals surface area contributed by atoms with Crippen LogP contribution in [0.1, 0.15) is 26.7 Å². The van der Waals surface area contributed by atoms with Crippen molar-refractivity contribution in [1.29, 1.82) is 0 Å². The van der Waals surface area contributed by atoms with Gasteiger partial charge in [0.2, 0.25) is 0 Å². The minimum absolute atomic E-state index is 0.0731. The van der Waals surface area contributed by atoms with Crippen LogP contribution < -0.4 is 0 Å². The van der Waals surface area contributed by atoms with E-state index in [0.717, 1.165) is 0 Å². The molecule has 1 rings (SSSR count). The van der Waals surface area contributed by atoms with Crippen LogP contribution in [0.15, 0.2) is 0 Å². The molecular formula is C8H12O3. The third-order valence-electron chi connectivity index (χ3n) is 2.39. The van der Waals surface area contributed by atoms with E-state index in [1.807, 2.05) is 0 Å². The van der Waals surface area contributed by atoms with E-state index in [1.54, 1.807) is 13.8 Å². The summed E-state index contributed by atoms with van der Waals surface area (Å²) in [6.07, 6.45) is 0.685. The highest BCUT2D eigenvalue weighted by atomic mass is 16.4. The molecule has 1 aliphatic carbocycles. The predicted octanol–water partition coefficient (Wildman–Crippen LogP) is 1.08. The summed E-state index contributed by atoms with van der Waals surface area (Å²) < 4.78 is 0. The van der Waals surface area contributed by atoms with Crippen molar-refractivity contribution < 1.29 is 14.7 Å². The molecule has 2 unspecified atom stereocenters. The second-order valence-electron chi connectivity index (χ2n) is 3.61. The molecular weight excluding hydrogens is 144 g/mol. The van der Waals surface area contributed by atoms with Crippen molar-refractivity contribution in [2.45, 2.75) is 26.7 Å². The zero-order valence-electron chi connectivity index (χ0n) is 6.76. The third kappa shape index (κ3) is 1.27. The van der Waals surface area contributed by atoms with Crippen LogP contribution in [0.2, 0.25) is 0 Å². The summed E-state index contributed by atoms with van der Waals surface area (Å²) in [6.45, 7) is 3.42. The molecule has 11 heavy (non-hydrogen) atoms. The summed E-state index contributed by atoms with van der Waals surface area (Å²) in [4.78, 5) is 21.7. The Morgan fingerprint density at radius 2 is 2.27 bits per heavy atom. The lowest BCUT2D eigenvalue weighted by molar-refractivity contribution is -0.148. The quantitative estimate of drug-likeness (QED) is 0.618. The number of hydrogen-bond acceptors (Lipinski definition) is 2. The van der Waals surface area contributed by atoms with Crippen molar-refractivity contribution in [1.82, 2.24) is 0 Å². The maximum atomic E-state index is 11.0. The van der Waals surface area contributed by atoms with Gasteiger partial charge < -0.3 is 5.11 Å². The Kier molecular flexibility index (Phi) is 1.74. The summed E-state index contributed by atoms with van der Waals surface area (Å²) in [5.74, 6) is -0.846. The van der Waals surface area contributed by atoms with Gasteiger partial charge in [-0.3, -0.25) is 9.59 Å². The smallest absolute Gasteiger partial charge is 0.309 e. The molecule has 1 saturated carbocycles. The first kappa shape index (κ1) is 8.24. The van der Waals surface area contributed by atoms with E-state index in [0.29, 0.717) is 6.42 Å². The van der Waals surface area contributed by atoms with E-state index in [1.165, 1.54) is 0 Å². The normalized spacial score (nSPS) is 37.6. The molecule has 3 nitrogen and oxygen atoms in total. The van der Waals surface area contributed by atoms with Crippen LogP contribution in [-0.2, 0) is 9.59 Å². The van der Waals surface area contributed by atoms with E-state index in [-0.39, 0.29) is 18.1 Å². The fourth-order valence-electron chi connectivity index (χ4n) is 1.58. The van der Waals surface area contributed by atoms with E-state index in [2.05, 4.69) is 0 Å². The highest BCUT2D eigenvalue weighted by molar-refractivity contribution is 5.91. The van der Waals surface area contributed by atoms with Gasteiger partial charge in [-0.25, -0.2) is 0 Å². The first-order valence-corrected chi connectivity index (χ1v) is 3.72. The number of rotatable bonds is 1. The number of hydrogen-bond donors (Lipinski definition) is 1. The molecule has 62 valence electrons. The summed E-state index contributed by atoms with van der Waals surface area (Å²) >= 11 is 0. The SMILES string of the molecule is CC1CC(C)(C(=O)O)CC1=O. The maximum absolute atomic E-state index is 11.0. The standard InChI is InChI=1S/C8H12O3/c1-5-3-8(2,7(10)11)4-6(5)9/h5H,3-4H2,1-2H3,(H,10,11). The highest BCUT2D eigenvalue weighted by Gasteiger charge is 2.44. The van der Waals surface area contributed by atoms with Gasteiger partial charge in [0, 0.05) is 12.3 Å². The Hall–Kier alpha value is -0.860. The molecule has 1 aliphatic rings. The lowest BCUT2D eigenvalue weighted by Gasteiger charge is -2.15. The van der Waals surface area contributed by atoms with E-state index < -0.39 is 11.4 Å². The summed E-state index contributed by atoms with van der Waals surface area (Å²) in [6, 6.07) is 0. The Morgan fingerprint density at radius 1 is 1.73 bits per heavy atom. The van der Waals surface area contributed by atoms with E-state index in [9.17, 15) is 9.59 Å². The van der Waals surface area contributed by atoms with Gasteiger partial charge in [0.15, 0.2) is 0 Å². The molecule has 0 aromatic heterocycles. The molecule has 0 saturated heterocycles. The van der Waals surface area contributed by atoms with Crippen molar-refractivity contribution in [2.24, 2.45) is 11.3 Å². The van der Waals surface area contributed by atoms with Crippen LogP contribution in [-0.4, -0.2) is 16.9 Å². The molecule has 0 aliphatic heterocycles. The first-order valence-electron chi connectivity index (χ1n) is 3.72. The van der Waals surface area contributed by atoms with Gasteiger partial charge in [-0.2, -0.15) is 0 Å².